The number of alkyl halides is 3. The third kappa shape index (κ3) is 8.37. The van der Waals surface area contributed by atoms with Crippen molar-refractivity contribution in [2.75, 3.05) is 53.9 Å². The fraction of sp³-hybridized carbons (Fsp3) is 0.800. The number of rotatable bonds is 6. The first-order chi connectivity index (χ1) is 12.1. The molecule has 1 rings (SSSR count). The van der Waals surface area contributed by atoms with Gasteiger partial charge in [-0.15, -0.1) is 0 Å². The summed E-state index contributed by atoms with van der Waals surface area (Å²) in [4.78, 5) is 29.8. The molecule has 1 fully saturated rings. The first-order valence-corrected chi connectivity index (χ1v) is 8.35. The van der Waals surface area contributed by atoms with E-state index in [-0.39, 0.29) is 18.5 Å². The van der Waals surface area contributed by atoms with Crippen LogP contribution in [0.4, 0.5) is 13.2 Å². The first-order valence-electron chi connectivity index (χ1n) is 8.35. The number of amides is 2. The SMILES string of the molecule is CN=C(NCC(=O)N(C)CC(F)(F)F)NC1CCN(CC(=O)NC)CC1. The van der Waals surface area contributed by atoms with Gasteiger partial charge in [0.1, 0.15) is 6.54 Å². The Morgan fingerprint density at radius 1 is 1.27 bits per heavy atom. The van der Waals surface area contributed by atoms with Crippen LogP contribution in [0.1, 0.15) is 12.8 Å². The van der Waals surface area contributed by atoms with E-state index in [4.69, 9.17) is 0 Å². The summed E-state index contributed by atoms with van der Waals surface area (Å²) >= 11 is 0. The van der Waals surface area contributed by atoms with E-state index >= 15 is 0 Å². The maximum Gasteiger partial charge on any atom is 0.406 e. The molecule has 0 saturated carbocycles. The Morgan fingerprint density at radius 3 is 2.38 bits per heavy atom. The molecule has 0 radical (unpaired) electrons. The molecule has 3 N–H and O–H groups in total. The first kappa shape index (κ1) is 22.0. The third-order valence-electron chi connectivity index (χ3n) is 4.05. The van der Waals surface area contributed by atoms with Crippen LogP contribution in [0.2, 0.25) is 0 Å². The van der Waals surface area contributed by atoms with Crippen molar-refractivity contribution in [2.45, 2.75) is 25.1 Å². The summed E-state index contributed by atoms with van der Waals surface area (Å²) < 4.78 is 36.9. The Balaban J connectivity index is 2.35. The van der Waals surface area contributed by atoms with Gasteiger partial charge >= 0.3 is 6.18 Å². The molecule has 150 valence electrons. The van der Waals surface area contributed by atoms with E-state index in [1.807, 2.05) is 4.90 Å². The zero-order valence-corrected chi connectivity index (χ0v) is 15.3. The molecule has 0 atom stereocenters. The van der Waals surface area contributed by atoms with Crippen molar-refractivity contribution in [3.8, 4) is 0 Å². The lowest BCUT2D eigenvalue weighted by atomic mass is 10.1. The van der Waals surface area contributed by atoms with Gasteiger partial charge < -0.3 is 20.9 Å². The molecule has 0 spiro atoms. The number of halogens is 3. The minimum Gasteiger partial charge on any atom is -0.358 e. The quantitative estimate of drug-likeness (QED) is 0.422. The Bertz CT molecular complexity index is 504. The van der Waals surface area contributed by atoms with Gasteiger partial charge in [-0.25, -0.2) is 0 Å². The summed E-state index contributed by atoms with van der Waals surface area (Å²) in [5.74, 6) is -0.343. The molecule has 0 aliphatic carbocycles. The molecular formula is C15H27F3N6O2. The van der Waals surface area contributed by atoms with Gasteiger partial charge in [-0.1, -0.05) is 0 Å². The minimum atomic E-state index is -4.42. The molecule has 0 aromatic carbocycles. The van der Waals surface area contributed by atoms with Crippen molar-refractivity contribution in [2.24, 2.45) is 4.99 Å². The number of likely N-dealkylation sites (tertiary alicyclic amines) is 1. The molecule has 8 nitrogen and oxygen atoms in total. The Labute approximate surface area is 151 Å². The molecule has 2 amide bonds. The van der Waals surface area contributed by atoms with Gasteiger partial charge in [-0.05, 0) is 12.8 Å². The molecule has 0 unspecified atom stereocenters. The number of nitrogens with zero attached hydrogens (tertiary/aromatic N) is 3. The summed E-state index contributed by atoms with van der Waals surface area (Å²) in [5.41, 5.74) is 0. The highest BCUT2D eigenvalue weighted by Gasteiger charge is 2.31. The number of hydrogen-bond donors (Lipinski definition) is 3. The van der Waals surface area contributed by atoms with Crippen LogP contribution in [-0.4, -0.2) is 93.7 Å². The van der Waals surface area contributed by atoms with Gasteiger partial charge in [0.25, 0.3) is 0 Å². The zero-order valence-electron chi connectivity index (χ0n) is 15.3. The molecule has 26 heavy (non-hydrogen) atoms. The van der Waals surface area contributed by atoms with E-state index in [1.165, 1.54) is 7.05 Å². The van der Waals surface area contributed by atoms with Gasteiger partial charge in [-0.2, -0.15) is 13.2 Å². The number of nitrogens with one attached hydrogen (secondary N) is 3. The second-order valence-corrected chi connectivity index (χ2v) is 6.16. The number of aliphatic imine (C=N–C) groups is 1. The fourth-order valence-electron chi connectivity index (χ4n) is 2.56. The van der Waals surface area contributed by atoms with Gasteiger partial charge in [-0.3, -0.25) is 19.5 Å². The number of guanidine groups is 1. The summed E-state index contributed by atoms with van der Waals surface area (Å²) in [6, 6.07) is 0.116. The predicted molar refractivity (Wildman–Crippen MR) is 91.7 cm³/mol. The highest BCUT2D eigenvalue weighted by Crippen LogP contribution is 2.15. The number of carbonyl (C=O) groups excluding carboxylic acids is 2. The van der Waals surface area contributed by atoms with Crippen LogP contribution in [0.15, 0.2) is 4.99 Å². The molecule has 0 bridgehead atoms. The Kier molecular flexibility index (Phi) is 8.62. The second-order valence-electron chi connectivity index (χ2n) is 6.16. The summed E-state index contributed by atoms with van der Waals surface area (Å²) in [5, 5.41) is 8.48. The van der Waals surface area contributed by atoms with Crippen molar-refractivity contribution >= 4 is 17.8 Å². The summed E-state index contributed by atoms with van der Waals surface area (Å²) in [6.45, 7) is 0.284. The molecule has 1 aliphatic rings. The third-order valence-corrected chi connectivity index (χ3v) is 4.05. The largest absolute Gasteiger partial charge is 0.406 e. The number of likely N-dealkylation sites (N-methyl/N-ethyl adjacent to an activating group) is 2. The molecule has 1 heterocycles. The average molecular weight is 380 g/mol. The lowest BCUT2D eigenvalue weighted by Crippen LogP contribution is -2.51. The zero-order chi connectivity index (χ0) is 19.7. The normalized spacial score (nSPS) is 16.9. The molecule has 1 saturated heterocycles. The Hall–Kier alpha value is -2.04. The molecule has 1 aliphatic heterocycles. The van der Waals surface area contributed by atoms with Crippen molar-refractivity contribution in [3.63, 3.8) is 0 Å². The van der Waals surface area contributed by atoms with Crippen LogP contribution >= 0.6 is 0 Å². The van der Waals surface area contributed by atoms with Crippen LogP contribution in [0.25, 0.3) is 0 Å². The van der Waals surface area contributed by atoms with E-state index < -0.39 is 18.6 Å². The Morgan fingerprint density at radius 2 is 1.88 bits per heavy atom. The topological polar surface area (TPSA) is 89.1 Å². The summed E-state index contributed by atoms with van der Waals surface area (Å²) in [7, 11) is 4.23. The number of hydrogen-bond acceptors (Lipinski definition) is 4. The maximum atomic E-state index is 12.3. The van der Waals surface area contributed by atoms with Crippen LogP contribution in [-0.2, 0) is 9.59 Å². The smallest absolute Gasteiger partial charge is 0.358 e. The lowest BCUT2D eigenvalue weighted by Gasteiger charge is -2.32. The van der Waals surface area contributed by atoms with E-state index in [2.05, 4.69) is 20.9 Å². The minimum absolute atomic E-state index is 0.0321. The van der Waals surface area contributed by atoms with Gasteiger partial charge in [0.05, 0.1) is 13.1 Å². The lowest BCUT2D eigenvalue weighted by molar-refractivity contribution is -0.157. The standard InChI is InChI=1S/C15H27F3N6O2/c1-19-12(25)9-24-6-4-11(5-7-24)22-14(20-2)21-8-13(26)23(3)10-15(16,17)18/h11H,4-10H2,1-3H3,(H,19,25)(H2,20,21,22). The number of piperidine rings is 1. The van der Waals surface area contributed by atoms with E-state index in [1.54, 1.807) is 7.05 Å². The van der Waals surface area contributed by atoms with Crippen molar-refractivity contribution < 1.29 is 22.8 Å². The van der Waals surface area contributed by atoms with E-state index in [9.17, 15) is 22.8 Å². The van der Waals surface area contributed by atoms with Crippen LogP contribution in [0, 0.1) is 0 Å². The molecule has 0 aromatic rings. The van der Waals surface area contributed by atoms with Crippen LogP contribution in [0.3, 0.4) is 0 Å². The van der Waals surface area contributed by atoms with Gasteiger partial charge in [0.15, 0.2) is 5.96 Å². The van der Waals surface area contributed by atoms with Crippen molar-refractivity contribution in [3.05, 3.63) is 0 Å². The molecule has 11 heteroatoms. The number of carbonyl (C=O) groups is 2. The molecular weight excluding hydrogens is 353 g/mol. The highest BCUT2D eigenvalue weighted by molar-refractivity contribution is 5.86. The van der Waals surface area contributed by atoms with Gasteiger partial charge in [0, 0.05) is 40.3 Å². The van der Waals surface area contributed by atoms with Gasteiger partial charge in [0.2, 0.25) is 11.8 Å². The fourth-order valence-corrected chi connectivity index (χ4v) is 2.56. The van der Waals surface area contributed by atoms with Crippen molar-refractivity contribution in [1.29, 1.82) is 0 Å². The van der Waals surface area contributed by atoms with E-state index in [0.717, 1.165) is 33.0 Å². The monoisotopic (exact) mass is 380 g/mol. The predicted octanol–water partition coefficient (Wildman–Crippen LogP) is -0.617. The summed E-state index contributed by atoms with van der Waals surface area (Å²) in [6.07, 6.45) is -2.84. The van der Waals surface area contributed by atoms with Crippen molar-refractivity contribution in [1.82, 2.24) is 25.8 Å². The van der Waals surface area contributed by atoms with Crippen LogP contribution in [0.5, 0.6) is 0 Å². The second kappa shape index (κ2) is 10.2. The maximum absolute atomic E-state index is 12.3. The highest BCUT2D eigenvalue weighted by atomic mass is 19.4. The van der Waals surface area contributed by atoms with E-state index in [0.29, 0.717) is 17.4 Å². The van der Waals surface area contributed by atoms with Crippen LogP contribution < -0.4 is 16.0 Å². The average Bonchev–Trinajstić information content (AvgIpc) is 2.58. The molecule has 0 aromatic heterocycles.